The van der Waals surface area contributed by atoms with Gasteiger partial charge in [-0.1, -0.05) is 0 Å². The van der Waals surface area contributed by atoms with Crippen LogP contribution in [0.25, 0.3) is 0 Å². The summed E-state index contributed by atoms with van der Waals surface area (Å²) in [5.74, 6) is 1.18. The summed E-state index contributed by atoms with van der Waals surface area (Å²) in [6, 6.07) is 1.60. The summed E-state index contributed by atoms with van der Waals surface area (Å²) in [4.78, 5) is 18.8. The third-order valence-electron chi connectivity index (χ3n) is 1.43. The normalized spacial score (nSPS) is 9.86. The van der Waals surface area contributed by atoms with Crippen LogP contribution in [0.5, 0.6) is 0 Å². The molecule has 1 rings (SSSR count). The first-order valence-electron chi connectivity index (χ1n) is 3.99. The Morgan fingerprint density at radius 3 is 3.14 bits per heavy atom. The maximum atomic E-state index is 11.3. The molecular formula is C8H10ClN3OS. The smallest absolute Gasteiger partial charge is 0.226 e. The standard InChI is InChI=1S/C8H10ClN3OS/c1-14-5-3-7(13)11-6-2-4-10-8(9)12-6/h2,4H,3,5H2,1H3,(H,10,11,12,13). The van der Waals surface area contributed by atoms with Crippen LogP contribution in [0.1, 0.15) is 6.42 Å². The highest BCUT2D eigenvalue weighted by Gasteiger charge is 2.02. The van der Waals surface area contributed by atoms with Gasteiger partial charge in [-0.05, 0) is 23.9 Å². The van der Waals surface area contributed by atoms with Crippen LogP contribution in [0.4, 0.5) is 5.82 Å². The van der Waals surface area contributed by atoms with E-state index in [4.69, 9.17) is 11.6 Å². The number of amides is 1. The van der Waals surface area contributed by atoms with Crippen LogP contribution in [-0.2, 0) is 4.79 Å². The van der Waals surface area contributed by atoms with Gasteiger partial charge in [-0.25, -0.2) is 9.97 Å². The van der Waals surface area contributed by atoms with Gasteiger partial charge in [-0.3, -0.25) is 4.79 Å². The number of thioether (sulfide) groups is 1. The zero-order chi connectivity index (χ0) is 10.4. The summed E-state index contributed by atoms with van der Waals surface area (Å²) in [7, 11) is 0. The van der Waals surface area contributed by atoms with Gasteiger partial charge in [-0.15, -0.1) is 0 Å². The van der Waals surface area contributed by atoms with Crippen molar-refractivity contribution in [2.75, 3.05) is 17.3 Å². The highest BCUT2D eigenvalue weighted by atomic mass is 35.5. The molecule has 0 spiro atoms. The molecule has 0 radical (unpaired) electrons. The second-order valence-electron chi connectivity index (χ2n) is 2.50. The van der Waals surface area contributed by atoms with Gasteiger partial charge in [0.05, 0.1) is 0 Å². The van der Waals surface area contributed by atoms with E-state index in [9.17, 15) is 4.79 Å². The molecule has 1 aromatic heterocycles. The molecule has 1 amide bonds. The Morgan fingerprint density at radius 1 is 1.71 bits per heavy atom. The summed E-state index contributed by atoms with van der Waals surface area (Å²) in [6.07, 6.45) is 3.93. The number of carbonyl (C=O) groups is 1. The molecule has 0 fully saturated rings. The van der Waals surface area contributed by atoms with Gasteiger partial charge in [0.25, 0.3) is 0 Å². The highest BCUT2D eigenvalue weighted by molar-refractivity contribution is 7.98. The minimum atomic E-state index is -0.0610. The molecule has 1 N–H and O–H groups in total. The first kappa shape index (κ1) is 11.3. The largest absolute Gasteiger partial charge is 0.311 e. The predicted octanol–water partition coefficient (Wildman–Crippen LogP) is 1.82. The fourth-order valence-corrected chi connectivity index (χ4v) is 1.34. The van der Waals surface area contributed by atoms with Crippen LogP contribution in [-0.4, -0.2) is 27.9 Å². The molecule has 0 aliphatic heterocycles. The van der Waals surface area contributed by atoms with Gasteiger partial charge in [0.2, 0.25) is 11.2 Å². The molecule has 0 saturated heterocycles. The Hall–Kier alpha value is -0.810. The van der Waals surface area contributed by atoms with Crippen LogP contribution < -0.4 is 5.32 Å². The van der Waals surface area contributed by atoms with E-state index >= 15 is 0 Å². The fraction of sp³-hybridized carbons (Fsp3) is 0.375. The molecule has 4 nitrogen and oxygen atoms in total. The number of halogens is 1. The van der Waals surface area contributed by atoms with Crippen molar-refractivity contribution >= 4 is 35.1 Å². The van der Waals surface area contributed by atoms with Crippen molar-refractivity contribution in [2.45, 2.75) is 6.42 Å². The number of nitrogens with zero attached hydrogens (tertiary/aromatic N) is 2. The zero-order valence-corrected chi connectivity index (χ0v) is 9.23. The zero-order valence-electron chi connectivity index (χ0n) is 7.66. The Labute approximate surface area is 91.5 Å². The Balaban J connectivity index is 2.47. The molecule has 0 aliphatic rings. The van der Waals surface area contributed by atoms with E-state index in [2.05, 4.69) is 15.3 Å². The molecular weight excluding hydrogens is 222 g/mol. The van der Waals surface area contributed by atoms with Crippen molar-refractivity contribution in [2.24, 2.45) is 0 Å². The number of nitrogens with one attached hydrogen (secondary N) is 1. The quantitative estimate of drug-likeness (QED) is 0.804. The summed E-state index contributed by atoms with van der Waals surface area (Å²) < 4.78 is 0. The van der Waals surface area contributed by atoms with Crippen molar-refractivity contribution in [3.8, 4) is 0 Å². The number of rotatable bonds is 4. The summed E-state index contributed by atoms with van der Waals surface area (Å²) in [6.45, 7) is 0. The van der Waals surface area contributed by atoms with Crippen molar-refractivity contribution in [3.05, 3.63) is 17.5 Å². The van der Waals surface area contributed by atoms with Gasteiger partial charge in [-0.2, -0.15) is 11.8 Å². The third kappa shape index (κ3) is 3.93. The van der Waals surface area contributed by atoms with Gasteiger partial charge in [0.1, 0.15) is 5.82 Å². The molecule has 0 bridgehead atoms. The molecule has 0 atom stereocenters. The van der Waals surface area contributed by atoms with Crippen LogP contribution in [0, 0.1) is 0 Å². The van der Waals surface area contributed by atoms with E-state index in [-0.39, 0.29) is 11.2 Å². The SMILES string of the molecule is CSCCC(=O)Nc1ccnc(Cl)n1. The average Bonchev–Trinajstić information content (AvgIpc) is 2.15. The maximum absolute atomic E-state index is 11.3. The van der Waals surface area contributed by atoms with E-state index in [1.54, 1.807) is 17.8 Å². The lowest BCUT2D eigenvalue weighted by atomic mass is 10.4. The van der Waals surface area contributed by atoms with Crippen molar-refractivity contribution < 1.29 is 4.79 Å². The minimum absolute atomic E-state index is 0.0610. The molecule has 76 valence electrons. The topological polar surface area (TPSA) is 54.9 Å². The number of carbonyl (C=O) groups excluding carboxylic acids is 1. The van der Waals surface area contributed by atoms with Crippen molar-refractivity contribution in [1.82, 2.24) is 9.97 Å². The van der Waals surface area contributed by atoms with Crippen LogP contribution in [0.2, 0.25) is 5.28 Å². The van der Waals surface area contributed by atoms with E-state index in [1.165, 1.54) is 6.20 Å². The van der Waals surface area contributed by atoms with Crippen molar-refractivity contribution in [3.63, 3.8) is 0 Å². The van der Waals surface area contributed by atoms with Gasteiger partial charge in [0.15, 0.2) is 0 Å². The van der Waals surface area contributed by atoms with E-state index < -0.39 is 0 Å². The molecule has 0 unspecified atom stereocenters. The lowest BCUT2D eigenvalue weighted by Gasteiger charge is -2.02. The number of hydrogen-bond acceptors (Lipinski definition) is 4. The van der Waals surface area contributed by atoms with Crippen LogP contribution in [0.3, 0.4) is 0 Å². The maximum Gasteiger partial charge on any atom is 0.226 e. The number of aromatic nitrogens is 2. The second-order valence-corrected chi connectivity index (χ2v) is 3.83. The van der Waals surface area contributed by atoms with E-state index in [0.29, 0.717) is 12.2 Å². The Bertz CT molecular complexity index is 321. The van der Waals surface area contributed by atoms with Gasteiger partial charge >= 0.3 is 0 Å². The number of hydrogen-bond donors (Lipinski definition) is 1. The van der Waals surface area contributed by atoms with Crippen LogP contribution >= 0.6 is 23.4 Å². The van der Waals surface area contributed by atoms with Gasteiger partial charge in [0, 0.05) is 18.4 Å². The predicted molar refractivity (Wildman–Crippen MR) is 58.7 cm³/mol. The highest BCUT2D eigenvalue weighted by Crippen LogP contribution is 2.06. The summed E-state index contributed by atoms with van der Waals surface area (Å²) >= 11 is 7.18. The summed E-state index contributed by atoms with van der Waals surface area (Å²) in [5, 5.41) is 2.76. The Kier molecular flexibility index (Phi) is 4.69. The number of anilines is 1. The molecule has 0 aliphatic carbocycles. The van der Waals surface area contributed by atoms with E-state index in [0.717, 1.165) is 5.75 Å². The van der Waals surface area contributed by atoms with Gasteiger partial charge < -0.3 is 5.32 Å². The first-order valence-corrected chi connectivity index (χ1v) is 5.77. The lowest BCUT2D eigenvalue weighted by molar-refractivity contribution is -0.115. The molecule has 14 heavy (non-hydrogen) atoms. The Morgan fingerprint density at radius 2 is 2.50 bits per heavy atom. The first-order chi connectivity index (χ1) is 6.72. The lowest BCUT2D eigenvalue weighted by Crippen LogP contribution is -2.13. The molecule has 0 aromatic carbocycles. The van der Waals surface area contributed by atoms with E-state index in [1.807, 2.05) is 6.26 Å². The van der Waals surface area contributed by atoms with Crippen LogP contribution in [0.15, 0.2) is 12.3 Å². The molecule has 0 saturated carbocycles. The average molecular weight is 232 g/mol. The fourth-order valence-electron chi connectivity index (χ4n) is 0.805. The summed E-state index contributed by atoms with van der Waals surface area (Å²) in [5.41, 5.74) is 0. The minimum Gasteiger partial charge on any atom is -0.311 e. The molecule has 1 aromatic rings. The van der Waals surface area contributed by atoms with Crippen molar-refractivity contribution in [1.29, 1.82) is 0 Å². The second kappa shape index (κ2) is 5.82. The molecule has 6 heteroatoms. The molecule has 1 heterocycles. The monoisotopic (exact) mass is 231 g/mol. The third-order valence-corrected chi connectivity index (χ3v) is 2.22.